The second-order valence-electron chi connectivity index (χ2n) is 12.7. The van der Waals surface area contributed by atoms with E-state index >= 15 is 0 Å². The van der Waals surface area contributed by atoms with Crippen LogP contribution >= 0.6 is 0 Å². The fourth-order valence-electron chi connectivity index (χ4n) is 5.39. The van der Waals surface area contributed by atoms with Crippen LogP contribution < -0.4 is 0 Å². The molecule has 0 aliphatic rings. The zero-order chi connectivity index (χ0) is 24.9. The van der Waals surface area contributed by atoms with Gasteiger partial charge in [0.05, 0.1) is 0 Å². The Balaban J connectivity index is 2.19. The molecule has 3 aromatic rings. The molecule has 0 unspecified atom stereocenters. The van der Waals surface area contributed by atoms with Gasteiger partial charge >= 0.3 is 0 Å². The molecule has 1 nitrogen and oxygen atoms in total. The van der Waals surface area contributed by atoms with E-state index in [4.69, 9.17) is 0 Å². The van der Waals surface area contributed by atoms with Crippen molar-refractivity contribution in [1.82, 2.24) is 4.57 Å². The summed E-state index contributed by atoms with van der Waals surface area (Å²) in [6, 6.07) is 15.1. The lowest BCUT2D eigenvalue weighted by molar-refractivity contribution is 0.413. The maximum Gasteiger partial charge on any atom is 0.0496 e. The predicted molar refractivity (Wildman–Crippen MR) is 153 cm³/mol. The molecule has 0 atom stereocenters. The van der Waals surface area contributed by atoms with Gasteiger partial charge in [-0.05, 0) is 46.9 Å². The molecule has 0 saturated carbocycles. The molecule has 0 aliphatic carbocycles. The number of hydrogen-bond acceptors (Lipinski definition) is 0. The van der Waals surface area contributed by atoms with Gasteiger partial charge in [0, 0.05) is 27.8 Å². The Morgan fingerprint density at radius 1 is 0.588 bits per heavy atom. The summed E-state index contributed by atoms with van der Waals surface area (Å²) in [7, 11) is 0. The van der Waals surface area contributed by atoms with Crippen molar-refractivity contribution in [1.29, 1.82) is 0 Å². The Bertz CT molecular complexity index is 971. The summed E-state index contributed by atoms with van der Waals surface area (Å²) >= 11 is 0. The van der Waals surface area contributed by atoms with Gasteiger partial charge in [-0.15, -0.1) is 0 Å². The smallest absolute Gasteiger partial charge is 0.0496 e. The summed E-state index contributed by atoms with van der Waals surface area (Å²) in [4.78, 5) is 0. The van der Waals surface area contributed by atoms with E-state index in [0.717, 1.165) is 0 Å². The Labute approximate surface area is 210 Å². The van der Waals surface area contributed by atoms with Crippen LogP contribution in [0.1, 0.15) is 137 Å². The SMILES string of the molecule is CCCCCCC(CCCCCC)n1c2cc(C(C)(C)C)ccc2c2ccc(C(C)(C)C)cc21. The molecule has 2 aromatic carbocycles. The van der Waals surface area contributed by atoms with E-state index in [1.807, 2.05) is 0 Å². The predicted octanol–water partition coefficient (Wildman–Crippen LogP) is 10.9. The molecule has 3 rings (SSSR count). The highest BCUT2D eigenvalue weighted by Gasteiger charge is 2.23. The highest BCUT2D eigenvalue weighted by molar-refractivity contribution is 6.08. The first-order chi connectivity index (χ1) is 16.1. The van der Waals surface area contributed by atoms with E-state index in [1.54, 1.807) is 0 Å². The lowest BCUT2D eigenvalue weighted by Gasteiger charge is -2.25. The van der Waals surface area contributed by atoms with Gasteiger partial charge in [-0.2, -0.15) is 0 Å². The van der Waals surface area contributed by atoms with Crippen molar-refractivity contribution in [2.45, 2.75) is 136 Å². The van der Waals surface area contributed by atoms with E-state index in [-0.39, 0.29) is 10.8 Å². The van der Waals surface area contributed by atoms with Gasteiger partial charge in [-0.25, -0.2) is 0 Å². The monoisotopic (exact) mass is 461 g/mol. The Hall–Kier alpha value is -1.76. The molecule has 0 radical (unpaired) electrons. The standard InChI is InChI=1S/C33H51N/c1-9-11-13-15-17-27(18-16-14-12-10-2)34-30-23-25(32(3,4)5)19-21-28(30)29-22-20-26(24-31(29)34)33(6,7)8/h19-24,27H,9-18H2,1-8H3. The van der Waals surface area contributed by atoms with Crippen LogP contribution in [-0.2, 0) is 10.8 Å². The highest BCUT2D eigenvalue weighted by atomic mass is 15.0. The number of nitrogens with zero attached hydrogens (tertiary/aromatic N) is 1. The summed E-state index contributed by atoms with van der Waals surface area (Å²) in [6.07, 6.45) is 13.3. The zero-order valence-corrected chi connectivity index (χ0v) is 23.6. The third kappa shape index (κ3) is 6.27. The minimum Gasteiger partial charge on any atom is -0.337 e. The first-order valence-electron chi connectivity index (χ1n) is 14.2. The van der Waals surface area contributed by atoms with Crippen molar-refractivity contribution >= 4 is 21.8 Å². The molecule has 34 heavy (non-hydrogen) atoms. The van der Waals surface area contributed by atoms with Crippen molar-refractivity contribution in [2.75, 3.05) is 0 Å². The minimum atomic E-state index is 0.157. The Kier molecular flexibility index (Phi) is 8.93. The van der Waals surface area contributed by atoms with E-state index in [0.29, 0.717) is 6.04 Å². The molecular formula is C33H51N. The molecular weight excluding hydrogens is 410 g/mol. The number of rotatable bonds is 11. The average molecular weight is 462 g/mol. The number of fused-ring (bicyclic) bond motifs is 3. The number of aromatic nitrogens is 1. The van der Waals surface area contributed by atoms with Crippen LogP contribution in [0, 0.1) is 0 Å². The average Bonchev–Trinajstić information content (AvgIpc) is 3.10. The fourth-order valence-corrected chi connectivity index (χ4v) is 5.39. The van der Waals surface area contributed by atoms with Crippen molar-refractivity contribution in [3.05, 3.63) is 47.5 Å². The van der Waals surface area contributed by atoms with Crippen LogP contribution in [0.3, 0.4) is 0 Å². The topological polar surface area (TPSA) is 4.93 Å². The summed E-state index contributed by atoms with van der Waals surface area (Å²) < 4.78 is 2.77. The van der Waals surface area contributed by atoms with E-state index in [1.165, 1.54) is 97.1 Å². The minimum absolute atomic E-state index is 0.157. The van der Waals surface area contributed by atoms with Crippen LogP contribution in [0.25, 0.3) is 21.8 Å². The van der Waals surface area contributed by atoms with Crippen LogP contribution in [0.4, 0.5) is 0 Å². The van der Waals surface area contributed by atoms with Gasteiger partial charge in [-0.1, -0.05) is 131 Å². The van der Waals surface area contributed by atoms with Gasteiger partial charge in [0.25, 0.3) is 0 Å². The molecule has 188 valence electrons. The normalized spacial score (nSPS) is 13.0. The van der Waals surface area contributed by atoms with Crippen LogP contribution in [-0.4, -0.2) is 4.57 Å². The quantitative estimate of drug-likeness (QED) is 0.250. The van der Waals surface area contributed by atoms with Crippen molar-refractivity contribution < 1.29 is 0 Å². The third-order valence-corrected chi connectivity index (χ3v) is 7.68. The molecule has 0 spiro atoms. The summed E-state index contributed by atoms with van der Waals surface area (Å²) in [6.45, 7) is 18.7. The maximum atomic E-state index is 2.77. The number of benzene rings is 2. The number of unbranched alkanes of at least 4 members (excludes halogenated alkanes) is 6. The summed E-state index contributed by atoms with van der Waals surface area (Å²) in [5.41, 5.74) is 6.09. The molecule has 0 amide bonds. The van der Waals surface area contributed by atoms with Crippen molar-refractivity contribution in [3.8, 4) is 0 Å². The maximum absolute atomic E-state index is 2.77. The molecule has 0 N–H and O–H groups in total. The summed E-state index contributed by atoms with van der Waals surface area (Å²) in [5.74, 6) is 0. The van der Waals surface area contributed by atoms with E-state index in [2.05, 4.69) is 96.4 Å². The van der Waals surface area contributed by atoms with Gasteiger partial charge in [0.15, 0.2) is 0 Å². The zero-order valence-electron chi connectivity index (χ0n) is 23.6. The lowest BCUT2D eigenvalue weighted by atomic mass is 9.86. The summed E-state index contributed by atoms with van der Waals surface area (Å²) in [5, 5.41) is 2.85. The fraction of sp³-hybridized carbons (Fsp3) is 0.636. The van der Waals surface area contributed by atoms with Crippen molar-refractivity contribution in [2.24, 2.45) is 0 Å². The van der Waals surface area contributed by atoms with Crippen LogP contribution in [0.15, 0.2) is 36.4 Å². The van der Waals surface area contributed by atoms with Gasteiger partial charge in [-0.3, -0.25) is 0 Å². The van der Waals surface area contributed by atoms with E-state index in [9.17, 15) is 0 Å². The molecule has 1 heterocycles. The molecule has 1 aromatic heterocycles. The van der Waals surface area contributed by atoms with Gasteiger partial charge < -0.3 is 4.57 Å². The van der Waals surface area contributed by atoms with Crippen LogP contribution in [0.5, 0.6) is 0 Å². The van der Waals surface area contributed by atoms with Crippen LogP contribution in [0.2, 0.25) is 0 Å². The molecule has 0 aliphatic heterocycles. The Morgan fingerprint density at radius 3 is 1.35 bits per heavy atom. The molecule has 0 fully saturated rings. The lowest BCUT2D eigenvalue weighted by Crippen LogP contribution is -2.14. The largest absolute Gasteiger partial charge is 0.337 e. The molecule has 1 heteroatoms. The second-order valence-corrected chi connectivity index (χ2v) is 12.7. The number of hydrogen-bond donors (Lipinski definition) is 0. The second kappa shape index (κ2) is 11.3. The van der Waals surface area contributed by atoms with Crippen molar-refractivity contribution in [3.63, 3.8) is 0 Å². The first-order valence-corrected chi connectivity index (χ1v) is 14.2. The Morgan fingerprint density at radius 2 is 1.00 bits per heavy atom. The van der Waals surface area contributed by atoms with Gasteiger partial charge in [0.2, 0.25) is 0 Å². The highest BCUT2D eigenvalue weighted by Crippen LogP contribution is 2.39. The molecule has 0 saturated heterocycles. The van der Waals surface area contributed by atoms with E-state index < -0.39 is 0 Å². The van der Waals surface area contributed by atoms with Gasteiger partial charge in [0.1, 0.15) is 0 Å². The third-order valence-electron chi connectivity index (χ3n) is 7.68. The first kappa shape index (κ1) is 26.8. The molecule has 0 bridgehead atoms.